The molecule has 1 fully saturated rings. The molecule has 0 bridgehead atoms. The van der Waals surface area contributed by atoms with Gasteiger partial charge in [0.15, 0.2) is 0 Å². The summed E-state index contributed by atoms with van der Waals surface area (Å²) in [5.41, 5.74) is 2.72. The Morgan fingerprint density at radius 2 is 2.33 bits per heavy atom. The molecule has 2 aliphatic heterocycles. The lowest BCUT2D eigenvalue weighted by Gasteiger charge is -2.19. The molecule has 24 heavy (non-hydrogen) atoms. The Labute approximate surface area is 140 Å². The normalized spacial score (nSPS) is 22.2. The fourth-order valence-electron chi connectivity index (χ4n) is 3.41. The van der Waals surface area contributed by atoms with E-state index in [2.05, 4.69) is 10.4 Å². The number of hydrogen-bond donors (Lipinski definition) is 1. The first-order valence-electron chi connectivity index (χ1n) is 8.45. The van der Waals surface area contributed by atoms with Crippen LogP contribution in [0.25, 0.3) is 0 Å². The van der Waals surface area contributed by atoms with Gasteiger partial charge < -0.3 is 14.8 Å². The van der Waals surface area contributed by atoms with E-state index < -0.39 is 0 Å². The lowest BCUT2D eigenvalue weighted by atomic mass is 10.0. The maximum atomic E-state index is 12.7. The van der Waals surface area contributed by atoms with Crippen LogP contribution < -0.4 is 10.1 Å². The van der Waals surface area contributed by atoms with E-state index in [1.807, 2.05) is 42.2 Å². The number of para-hydroxylation sites is 1. The van der Waals surface area contributed by atoms with Gasteiger partial charge in [0.2, 0.25) is 0 Å². The van der Waals surface area contributed by atoms with Crippen LogP contribution in [0.15, 0.2) is 30.6 Å². The molecule has 0 spiro atoms. The summed E-state index contributed by atoms with van der Waals surface area (Å²) in [6.45, 7) is 4.14. The zero-order valence-corrected chi connectivity index (χ0v) is 13.7. The first-order valence-corrected chi connectivity index (χ1v) is 8.45. The van der Waals surface area contributed by atoms with Gasteiger partial charge in [-0.3, -0.25) is 9.48 Å². The van der Waals surface area contributed by atoms with Gasteiger partial charge in [0, 0.05) is 31.3 Å². The van der Waals surface area contributed by atoms with Gasteiger partial charge in [-0.1, -0.05) is 12.1 Å². The third-order valence-corrected chi connectivity index (χ3v) is 4.67. The summed E-state index contributed by atoms with van der Waals surface area (Å²) in [5.74, 6) is 0.626. The highest BCUT2D eigenvalue weighted by Crippen LogP contribution is 2.32. The van der Waals surface area contributed by atoms with E-state index in [4.69, 9.17) is 9.47 Å². The standard InChI is InChI=1S/C18H21N3O3/c1-2-21-11-13(10-19-21)17-15(7-9-24-17)20-18(22)14-5-3-4-12-6-8-23-16(12)14/h3-5,10-11,15,17H,2,6-9H2,1H3,(H,20,22)/t15-,17+/m1/s1. The number of amides is 1. The van der Waals surface area contributed by atoms with Crippen molar-refractivity contribution in [2.24, 2.45) is 0 Å². The van der Waals surface area contributed by atoms with Crippen LogP contribution in [-0.4, -0.2) is 34.9 Å². The Hall–Kier alpha value is -2.34. The summed E-state index contributed by atoms with van der Waals surface area (Å²) in [6, 6.07) is 5.69. The molecule has 4 rings (SSSR count). The second-order valence-corrected chi connectivity index (χ2v) is 6.18. The number of hydrogen-bond acceptors (Lipinski definition) is 4. The van der Waals surface area contributed by atoms with Gasteiger partial charge in [0.1, 0.15) is 11.9 Å². The SMILES string of the molecule is CCn1cc([C@@H]2OCC[C@H]2NC(=O)c2cccc3c2OCC3)cn1. The molecule has 0 radical (unpaired) electrons. The second-order valence-electron chi connectivity index (χ2n) is 6.18. The van der Waals surface area contributed by atoms with Gasteiger partial charge in [-0.2, -0.15) is 5.10 Å². The Balaban J connectivity index is 1.52. The van der Waals surface area contributed by atoms with Crippen molar-refractivity contribution in [1.29, 1.82) is 0 Å². The topological polar surface area (TPSA) is 65.4 Å². The van der Waals surface area contributed by atoms with Crippen molar-refractivity contribution in [2.45, 2.75) is 38.5 Å². The first kappa shape index (κ1) is 15.2. The lowest BCUT2D eigenvalue weighted by molar-refractivity contribution is 0.0819. The summed E-state index contributed by atoms with van der Waals surface area (Å²) in [5, 5.41) is 7.42. The molecule has 0 saturated carbocycles. The second kappa shape index (κ2) is 6.28. The maximum absolute atomic E-state index is 12.7. The Bertz CT molecular complexity index is 756. The monoisotopic (exact) mass is 327 g/mol. The minimum absolute atomic E-state index is 0.0516. The molecule has 1 saturated heterocycles. The number of carbonyl (C=O) groups is 1. The zero-order chi connectivity index (χ0) is 16.5. The molecule has 6 nitrogen and oxygen atoms in total. The molecule has 3 heterocycles. The maximum Gasteiger partial charge on any atom is 0.255 e. The number of aromatic nitrogens is 2. The van der Waals surface area contributed by atoms with Crippen LogP contribution >= 0.6 is 0 Å². The highest BCUT2D eigenvalue weighted by molar-refractivity contribution is 5.97. The van der Waals surface area contributed by atoms with Crippen LogP contribution in [0.3, 0.4) is 0 Å². The van der Waals surface area contributed by atoms with Crippen molar-refractivity contribution in [3.8, 4) is 5.75 Å². The number of rotatable bonds is 4. The number of aryl methyl sites for hydroxylation is 1. The quantitative estimate of drug-likeness (QED) is 0.934. The third kappa shape index (κ3) is 2.67. The van der Waals surface area contributed by atoms with E-state index >= 15 is 0 Å². The smallest absolute Gasteiger partial charge is 0.255 e. The number of fused-ring (bicyclic) bond motifs is 1. The Morgan fingerprint density at radius 3 is 3.17 bits per heavy atom. The predicted molar refractivity (Wildman–Crippen MR) is 88.1 cm³/mol. The minimum Gasteiger partial charge on any atom is -0.492 e. The summed E-state index contributed by atoms with van der Waals surface area (Å²) in [7, 11) is 0. The minimum atomic E-state index is -0.146. The Kier molecular flexibility index (Phi) is 3.98. The fraction of sp³-hybridized carbons (Fsp3) is 0.444. The molecule has 0 unspecified atom stereocenters. The molecular formula is C18H21N3O3. The average molecular weight is 327 g/mol. The van der Waals surface area contributed by atoms with E-state index in [0.717, 1.165) is 36.3 Å². The largest absolute Gasteiger partial charge is 0.492 e. The molecule has 2 atom stereocenters. The van der Waals surface area contributed by atoms with Crippen LogP contribution in [0.5, 0.6) is 5.75 Å². The van der Waals surface area contributed by atoms with Gasteiger partial charge in [0.25, 0.3) is 5.91 Å². The summed E-state index contributed by atoms with van der Waals surface area (Å²) < 4.78 is 13.3. The zero-order valence-electron chi connectivity index (χ0n) is 13.7. The number of nitrogens with one attached hydrogen (secondary N) is 1. The average Bonchev–Trinajstić information content (AvgIpc) is 3.33. The molecule has 1 aromatic carbocycles. The van der Waals surface area contributed by atoms with Gasteiger partial charge in [0.05, 0.1) is 24.4 Å². The lowest BCUT2D eigenvalue weighted by Crippen LogP contribution is -2.36. The molecule has 1 amide bonds. The number of nitrogens with zero attached hydrogens (tertiary/aromatic N) is 2. The molecule has 126 valence electrons. The van der Waals surface area contributed by atoms with Crippen LogP contribution in [0, 0.1) is 0 Å². The number of carbonyl (C=O) groups excluding carboxylic acids is 1. The van der Waals surface area contributed by atoms with E-state index in [-0.39, 0.29) is 18.1 Å². The van der Waals surface area contributed by atoms with E-state index in [9.17, 15) is 4.79 Å². The Morgan fingerprint density at radius 1 is 1.42 bits per heavy atom. The molecule has 6 heteroatoms. The number of benzene rings is 1. The van der Waals surface area contributed by atoms with Crippen molar-refractivity contribution in [3.63, 3.8) is 0 Å². The van der Waals surface area contributed by atoms with Crippen molar-refractivity contribution < 1.29 is 14.3 Å². The predicted octanol–water partition coefficient (Wildman–Crippen LogP) is 2.10. The van der Waals surface area contributed by atoms with E-state index in [0.29, 0.717) is 18.8 Å². The first-order chi connectivity index (χ1) is 11.8. The van der Waals surface area contributed by atoms with E-state index in [1.165, 1.54) is 0 Å². The van der Waals surface area contributed by atoms with Gasteiger partial charge in [-0.25, -0.2) is 0 Å². The van der Waals surface area contributed by atoms with E-state index in [1.54, 1.807) is 0 Å². The van der Waals surface area contributed by atoms with Crippen molar-refractivity contribution in [1.82, 2.24) is 15.1 Å². The van der Waals surface area contributed by atoms with Crippen LogP contribution in [0.2, 0.25) is 0 Å². The molecule has 2 aliphatic rings. The summed E-state index contributed by atoms with van der Waals surface area (Å²) >= 11 is 0. The molecule has 0 aliphatic carbocycles. The molecule has 1 aromatic heterocycles. The fourth-order valence-corrected chi connectivity index (χ4v) is 3.41. The summed E-state index contributed by atoms with van der Waals surface area (Å²) in [6.07, 6.45) is 5.32. The van der Waals surface area contributed by atoms with Crippen molar-refractivity contribution in [3.05, 3.63) is 47.3 Å². The van der Waals surface area contributed by atoms with Gasteiger partial charge in [-0.05, 0) is 25.0 Å². The highest BCUT2D eigenvalue weighted by atomic mass is 16.5. The molecule has 2 aromatic rings. The summed E-state index contributed by atoms with van der Waals surface area (Å²) in [4.78, 5) is 12.7. The van der Waals surface area contributed by atoms with Crippen molar-refractivity contribution in [2.75, 3.05) is 13.2 Å². The third-order valence-electron chi connectivity index (χ3n) is 4.67. The van der Waals surface area contributed by atoms with Crippen LogP contribution in [-0.2, 0) is 17.7 Å². The van der Waals surface area contributed by atoms with Crippen LogP contribution in [0.1, 0.15) is 40.9 Å². The highest BCUT2D eigenvalue weighted by Gasteiger charge is 2.33. The van der Waals surface area contributed by atoms with Crippen molar-refractivity contribution >= 4 is 5.91 Å². The molecular weight excluding hydrogens is 306 g/mol. The van der Waals surface area contributed by atoms with Crippen LogP contribution in [0.4, 0.5) is 0 Å². The van der Waals surface area contributed by atoms with Gasteiger partial charge >= 0.3 is 0 Å². The van der Waals surface area contributed by atoms with Gasteiger partial charge in [-0.15, -0.1) is 0 Å². The molecule has 1 N–H and O–H groups in total. The number of ether oxygens (including phenoxy) is 2.